The second kappa shape index (κ2) is 11.2. The highest BCUT2D eigenvalue weighted by Crippen LogP contribution is 2.41. The smallest absolute Gasteiger partial charge is 0.407 e. The van der Waals surface area contributed by atoms with Crippen LogP contribution >= 0.6 is 0 Å². The molecule has 0 unspecified atom stereocenters. The van der Waals surface area contributed by atoms with Crippen molar-refractivity contribution in [3.05, 3.63) is 41.7 Å². The maximum Gasteiger partial charge on any atom is 0.407 e. The summed E-state index contributed by atoms with van der Waals surface area (Å²) in [5.41, 5.74) is 3.34. The number of rotatable bonds is 11. The van der Waals surface area contributed by atoms with Gasteiger partial charge in [0.05, 0.1) is 30.8 Å². The number of hydrogen-bond donors (Lipinski definition) is 4. The van der Waals surface area contributed by atoms with Crippen LogP contribution in [0.1, 0.15) is 36.7 Å². The number of aromatic nitrogens is 3. The Balaban J connectivity index is 1.62. The molecule has 4 N–H and O–H groups in total. The lowest BCUT2D eigenvalue weighted by atomic mass is 9.87. The summed E-state index contributed by atoms with van der Waals surface area (Å²) in [6.45, 7) is 8.17. The number of fused-ring (bicyclic) bond motifs is 2. The van der Waals surface area contributed by atoms with E-state index < -0.39 is 11.7 Å². The molecule has 0 saturated carbocycles. The van der Waals surface area contributed by atoms with Crippen molar-refractivity contribution in [1.29, 1.82) is 0 Å². The van der Waals surface area contributed by atoms with Gasteiger partial charge in [0.1, 0.15) is 11.3 Å². The van der Waals surface area contributed by atoms with Gasteiger partial charge in [0, 0.05) is 67.3 Å². The Kier molecular flexibility index (Phi) is 8.06. The van der Waals surface area contributed by atoms with Crippen LogP contribution in [0.2, 0.25) is 0 Å². The number of nitrogens with zero attached hydrogens (tertiary/aromatic N) is 4. The molecule has 11 nitrogen and oxygen atoms in total. The van der Waals surface area contributed by atoms with Crippen molar-refractivity contribution in [2.24, 2.45) is 0 Å². The van der Waals surface area contributed by atoms with Crippen molar-refractivity contribution in [2.75, 3.05) is 51.3 Å². The van der Waals surface area contributed by atoms with E-state index in [-0.39, 0.29) is 19.0 Å². The number of alkyl carbamates (subject to hydrolysis) is 1. The molecule has 3 aromatic rings. The van der Waals surface area contributed by atoms with Crippen molar-refractivity contribution < 1.29 is 24.5 Å². The third-order valence-electron chi connectivity index (χ3n) is 6.03. The number of carbonyl (C=O) groups excluding carboxylic acids is 2. The summed E-state index contributed by atoms with van der Waals surface area (Å²) in [7, 11) is 0. The van der Waals surface area contributed by atoms with Gasteiger partial charge in [0.2, 0.25) is 0 Å². The zero-order valence-corrected chi connectivity index (χ0v) is 21.5. The van der Waals surface area contributed by atoms with E-state index in [0.29, 0.717) is 67.3 Å². The maximum absolute atomic E-state index is 13.6. The minimum absolute atomic E-state index is 0.00580. The first-order valence-electron chi connectivity index (χ1n) is 12.4. The Morgan fingerprint density at radius 2 is 1.84 bits per heavy atom. The highest BCUT2D eigenvalue weighted by atomic mass is 16.6. The van der Waals surface area contributed by atoms with Crippen LogP contribution in [-0.4, -0.2) is 93.3 Å². The third-order valence-corrected chi connectivity index (χ3v) is 6.03. The van der Waals surface area contributed by atoms with Crippen LogP contribution in [0.15, 0.2) is 30.6 Å². The number of nitrogens with one attached hydrogen (secondary N) is 2. The highest BCUT2D eigenvalue weighted by Gasteiger charge is 2.31. The Bertz CT molecular complexity index is 1280. The van der Waals surface area contributed by atoms with Crippen molar-refractivity contribution in [1.82, 2.24) is 25.0 Å². The number of aliphatic hydroxyl groups is 2. The van der Waals surface area contributed by atoms with Crippen LogP contribution < -0.4 is 10.6 Å². The molecule has 1 aliphatic carbocycles. The van der Waals surface area contributed by atoms with E-state index in [0.717, 1.165) is 10.9 Å². The van der Waals surface area contributed by atoms with E-state index >= 15 is 0 Å². The third kappa shape index (κ3) is 5.90. The van der Waals surface area contributed by atoms with Gasteiger partial charge in [-0.3, -0.25) is 19.4 Å². The standard InChI is InChI=1S/C26H34N6O5/c1-26(2,3)37-25(36)29-9-11-32-20-5-4-19(28-8-10-31(12-14-33)13-15-34)21-22(20)23(30-32)18-16-27-7-6-17(18)24(21)35/h4-7,16,28,33-34H,8-15H2,1-3H3,(H,29,36). The van der Waals surface area contributed by atoms with E-state index in [9.17, 15) is 19.8 Å². The van der Waals surface area contributed by atoms with Gasteiger partial charge in [0.15, 0.2) is 5.78 Å². The average molecular weight is 511 g/mol. The summed E-state index contributed by atoms with van der Waals surface area (Å²) in [4.78, 5) is 31.8. The molecule has 0 spiro atoms. The molecule has 0 saturated heterocycles. The number of ether oxygens (including phenoxy) is 1. The summed E-state index contributed by atoms with van der Waals surface area (Å²) in [6.07, 6.45) is 2.75. The summed E-state index contributed by atoms with van der Waals surface area (Å²) >= 11 is 0. The summed E-state index contributed by atoms with van der Waals surface area (Å²) < 4.78 is 7.09. The first kappa shape index (κ1) is 26.5. The number of anilines is 1. The number of carbonyl (C=O) groups is 2. The number of ketones is 1. The number of pyridine rings is 1. The van der Waals surface area contributed by atoms with Crippen LogP contribution in [0.3, 0.4) is 0 Å². The Hall–Kier alpha value is -3.54. The van der Waals surface area contributed by atoms with Crippen molar-refractivity contribution in [2.45, 2.75) is 32.9 Å². The van der Waals surface area contributed by atoms with Gasteiger partial charge < -0.3 is 25.6 Å². The number of benzene rings is 1. The number of aliphatic hydroxyl groups excluding tert-OH is 2. The molecule has 11 heteroatoms. The van der Waals surface area contributed by atoms with Gasteiger partial charge in [-0.15, -0.1) is 0 Å². The molecular formula is C26H34N6O5. The molecule has 0 radical (unpaired) electrons. The molecule has 0 aliphatic heterocycles. The van der Waals surface area contributed by atoms with Gasteiger partial charge in [0.25, 0.3) is 0 Å². The van der Waals surface area contributed by atoms with Gasteiger partial charge in [-0.05, 0) is 39.0 Å². The highest BCUT2D eigenvalue weighted by molar-refractivity contribution is 6.27. The molecule has 1 aromatic carbocycles. The molecule has 37 heavy (non-hydrogen) atoms. The molecule has 1 aliphatic rings. The van der Waals surface area contributed by atoms with E-state index in [1.165, 1.54) is 0 Å². The maximum atomic E-state index is 13.6. The van der Waals surface area contributed by atoms with Gasteiger partial charge in [-0.2, -0.15) is 5.10 Å². The molecule has 0 bridgehead atoms. The first-order valence-corrected chi connectivity index (χ1v) is 12.4. The van der Waals surface area contributed by atoms with Gasteiger partial charge in [-0.25, -0.2) is 4.79 Å². The molecule has 2 aromatic heterocycles. The molecular weight excluding hydrogens is 476 g/mol. The fourth-order valence-electron chi connectivity index (χ4n) is 4.47. The Morgan fingerprint density at radius 3 is 2.54 bits per heavy atom. The van der Waals surface area contributed by atoms with E-state index in [4.69, 9.17) is 9.84 Å². The quantitative estimate of drug-likeness (QED) is 0.238. The largest absolute Gasteiger partial charge is 0.444 e. The van der Waals surface area contributed by atoms with E-state index in [2.05, 4.69) is 15.6 Å². The molecule has 2 heterocycles. The lowest BCUT2D eigenvalue weighted by Gasteiger charge is -2.22. The Morgan fingerprint density at radius 1 is 1.08 bits per heavy atom. The lowest BCUT2D eigenvalue weighted by Crippen LogP contribution is -2.34. The predicted molar refractivity (Wildman–Crippen MR) is 140 cm³/mol. The zero-order chi connectivity index (χ0) is 26.6. The van der Waals surface area contributed by atoms with Crippen LogP contribution in [-0.2, 0) is 11.3 Å². The van der Waals surface area contributed by atoms with Gasteiger partial charge in [-0.1, -0.05) is 0 Å². The molecule has 0 atom stereocenters. The molecule has 4 rings (SSSR count). The average Bonchev–Trinajstić information content (AvgIpc) is 3.21. The Labute approximate surface area is 215 Å². The molecule has 1 amide bonds. The minimum Gasteiger partial charge on any atom is -0.444 e. The van der Waals surface area contributed by atoms with E-state index in [1.807, 2.05) is 37.8 Å². The van der Waals surface area contributed by atoms with Crippen molar-refractivity contribution in [3.8, 4) is 11.3 Å². The normalized spacial score (nSPS) is 12.6. The second-order valence-corrected chi connectivity index (χ2v) is 9.85. The molecule has 198 valence electrons. The van der Waals surface area contributed by atoms with E-state index in [1.54, 1.807) is 23.1 Å². The van der Waals surface area contributed by atoms with Crippen molar-refractivity contribution in [3.63, 3.8) is 0 Å². The summed E-state index contributed by atoms with van der Waals surface area (Å²) in [6, 6.07) is 5.49. The first-order chi connectivity index (χ1) is 17.7. The summed E-state index contributed by atoms with van der Waals surface area (Å²) in [5.74, 6) is -0.105. The fourth-order valence-corrected chi connectivity index (χ4v) is 4.47. The zero-order valence-electron chi connectivity index (χ0n) is 21.5. The lowest BCUT2D eigenvalue weighted by molar-refractivity contribution is 0.0525. The monoisotopic (exact) mass is 510 g/mol. The van der Waals surface area contributed by atoms with Gasteiger partial charge >= 0.3 is 6.09 Å². The van der Waals surface area contributed by atoms with Crippen LogP contribution in [0.4, 0.5) is 10.5 Å². The van der Waals surface area contributed by atoms with Crippen molar-refractivity contribution >= 4 is 28.5 Å². The molecule has 0 fully saturated rings. The van der Waals surface area contributed by atoms with Crippen LogP contribution in [0, 0.1) is 0 Å². The minimum atomic E-state index is -0.586. The SMILES string of the molecule is CC(C)(C)OC(=O)NCCn1nc2c3c(c(NCCN(CCO)CCO)ccc31)C(=O)c1ccncc1-2. The van der Waals surface area contributed by atoms with Crippen LogP contribution in [0.5, 0.6) is 0 Å². The van der Waals surface area contributed by atoms with Crippen LogP contribution in [0.25, 0.3) is 22.2 Å². The predicted octanol–water partition coefficient (Wildman–Crippen LogP) is 1.87. The second-order valence-electron chi connectivity index (χ2n) is 9.85. The summed E-state index contributed by atoms with van der Waals surface area (Å²) in [5, 5.41) is 30.2. The number of amides is 1. The number of hydrogen-bond acceptors (Lipinski definition) is 9. The topological polar surface area (TPSA) is 142 Å². The fraction of sp³-hybridized carbons (Fsp3) is 0.462.